The molecule has 484 valence electrons. The summed E-state index contributed by atoms with van der Waals surface area (Å²) in [5, 5.41) is 0. The molecule has 0 N–H and O–H groups in total. The third-order valence-electron chi connectivity index (χ3n) is 16.2. The summed E-state index contributed by atoms with van der Waals surface area (Å²) in [4.78, 5) is 0. The van der Waals surface area contributed by atoms with Crippen LogP contribution in [-0.4, -0.2) is 37.5 Å². The Balaban J connectivity index is 0.867. The Hall–Kier alpha value is 1.38. The molecular formula is C70H60S24. The molecule has 0 spiro atoms. The standard InChI is InChI=1S/C70H60S24/c1-69-45-21-9-39(10-22-45)33-77-57-60(92-66(89-57)63-83-51(71-3)52(72-4)84-63)80-36-42-15-27-48(28-16-42)70(2,49-29-17-43(18-30-49)37-81-61-58(78-34-40-11-23-46(69)24-12-40)90-67(93-61)64-85-53(73-5)54(74-6)86-64)50-31-19-44(20-32-50)38-82-62-59(79-35-41-13-25-47(69)26-14-41)91-68(94-62)65-87-55(75-7)56(76-8)88-65/h9-32H,33-38H2,1-8H3. The average molecular weight is 1670 g/mol. The highest BCUT2D eigenvalue weighted by Crippen LogP contribution is 2.70. The van der Waals surface area contributed by atoms with Crippen molar-refractivity contribution in [2.75, 3.05) is 37.5 Å². The molecule has 27 aliphatic rings. The minimum Gasteiger partial charge on any atom is -0.121 e. The van der Waals surface area contributed by atoms with E-state index in [0.29, 0.717) is 0 Å². The first-order chi connectivity index (χ1) is 45.9. The average Bonchev–Trinajstić information content (AvgIpc) is 1.39. The molecule has 0 amide bonds. The highest BCUT2D eigenvalue weighted by Gasteiger charge is 2.37. The fourth-order valence-electron chi connectivity index (χ4n) is 10.9. The van der Waals surface area contributed by atoms with Gasteiger partial charge in [-0.1, -0.05) is 287 Å². The van der Waals surface area contributed by atoms with E-state index in [0.717, 1.165) is 34.5 Å². The Morgan fingerprint density at radius 1 is 0.202 bits per heavy atom. The number of rotatable bonds is 6. The maximum atomic E-state index is 2.46. The lowest BCUT2D eigenvalue weighted by Crippen LogP contribution is -2.25. The van der Waals surface area contributed by atoms with Gasteiger partial charge >= 0.3 is 0 Å². The summed E-state index contributed by atoms with van der Waals surface area (Å²) >= 11 is 47.1. The summed E-state index contributed by atoms with van der Waals surface area (Å²) in [7, 11) is 0. The van der Waals surface area contributed by atoms with Gasteiger partial charge in [-0.05, 0) is 118 Å². The second-order valence-electron chi connectivity index (χ2n) is 21.8. The van der Waals surface area contributed by atoms with Crippen LogP contribution in [0.25, 0.3) is 0 Å². The minimum absolute atomic E-state index is 0.402. The lowest BCUT2D eigenvalue weighted by molar-refractivity contribution is 0.691. The maximum Gasteiger partial charge on any atom is 0.0717 e. The van der Waals surface area contributed by atoms with Gasteiger partial charge < -0.3 is 0 Å². The van der Waals surface area contributed by atoms with Gasteiger partial charge in [0.15, 0.2) is 0 Å². The summed E-state index contributed by atoms with van der Waals surface area (Å²) in [6, 6.07) is 58.1. The zero-order chi connectivity index (χ0) is 64.5. The number of hydrogen-bond donors (Lipinski definition) is 0. The van der Waals surface area contributed by atoms with E-state index in [4.69, 9.17) is 0 Å². The molecule has 24 heteroatoms. The van der Waals surface area contributed by atoms with Crippen LogP contribution in [0.4, 0.5) is 0 Å². The predicted molar refractivity (Wildman–Crippen MR) is 473 cm³/mol. The Kier molecular flexibility index (Phi) is 25.6. The fraction of sp³-hybridized carbons (Fsp3) is 0.229. The molecule has 0 nitrogen and oxygen atoms in total. The van der Waals surface area contributed by atoms with E-state index < -0.39 is 10.8 Å². The summed E-state index contributed by atoms with van der Waals surface area (Å²) in [5.41, 5.74) is 15.1. The van der Waals surface area contributed by atoms with Crippen LogP contribution in [0.15, 0.2) is 222 Å². The van der Waals surface area contributed by atoms with Crippen molar-refractivity contribution in [1.82, 2.24) is 0 Å². The third-order valence-corrected chi connectivity index (χ3v) is 50.5. The van der Waals surface area contributed by atoms with Gasteiger partial charge in [0.25, 0.3) is 0 Å². The molecule has 0 saturated heterocycles. The monoisotopic (exact) mass is 1670 g/mol. The lowest BCUT2D eigenvalue weighted by Gasteiger charge is -2.32. The Morgan fingerprint density at radius 2 is 0.340 bits per heavy atom. The van der Waals surface area contributed by atoms with Crippen LogP contribution in [0.2, 0.25) is 0 Å². The van der Waals surface area contributed by atoms with Crippen molar-refractivity contribution in [2.24, 2.45) is 0 Å². The zero-order valence-electron chi connectivity index (χ0n) is 51.9. The van der Waals surface area contributed by atoms with E-state index in [1.54, 1.807) is 0 Å². The summed E-state index contributed by atoms with van der Waals surface area (Å²) < 4.78 is 25.6. The molecule has 27 aliphatic heterocycles. The molecule has 0 radical (unpaired) electrons. The molecule has 27 heterocycles. The fourth-order valence-corrected chi connectivity index (χ4v) is 44.1. The third kappa shape index (κ3) is 16.0. The zero-order valence-corrected chi connectivity index (χ0v) is 71.5. The quantitative estimate of drug-likeness (QED) is 0.155. The lowest BCUT2D eigenvalue weighted by atomic mass is 9.71. The van der Waals surface area contributed by atoms with Crippen LogP contribution >= 0.6 is 282 Å². The molecule has 0 aliphatic carbocycles. The Labute approximate surface area is 658 Å². The Morgan fingerprint density at radius 3 is 0.479 bits per heavy atom. The molecule has 0 atom stereocenters. The van der Waals surface area contributed by atoms with E-state index in [2.05, 4.69) is 197 Å². The van der Waals surface area contributed by atoms with Gasteiger partial charge in [-0.25, -0.2) is 0 Å². The van der Waals surface area contributed by atoms with Crippen LogP contribution in [0.3, 0.4) is 0 Å². The minimum atomic E-state index is -0.402. The van der Waals surface area contributed by atoms with Crippen molar-refractivity contribution in [1.29, 1.82) is 0 Å². The van der Waals surface area contributed by atoms with Gasteiger partial charge in [0.05, 0.1) is 76.3 Å². The summed E-state index contributed by atoms with van der Waals surface area (Å²) in [5.74, 6) is 5.43. The highest BCUT2D eigenvalue weighted by molar-refractivity contribution is 8.47. The second kappa shape index (κ2) is 33.2. The number of hydrogen-bond acceptors (Lipinski definition) is 24. The molecular weight excluding hydrogens is 1610 g/mol. The first-order valence-electron chi connectivity index (χ1n) is 29.3. The summed E-state index contributed by atoms with van der Waals surface area (Å²) in [6.07, 6.45) is 13.3. The van der Waals surface area contributed by atoms with Crippen LogP contribution in [0.1, 0.15) is 80.6 Å². The second-order valence-corrected chi connectivity index (χ2v) is 49.5. The maximum absolute atomic E-state index is 2.46. The van der Waals surface area contributed by atoms with Crippen LogP contribution in [0.5, 0.6) is 0 Å². The molecule has 33 rings (SSSR count). The topological polar surface area (TPSA) is 0 Å². The molecule has 14 bridgehead atoms. The van der Waals surface area contributed by atoms with E-state index in [1.807, 2.05) is 282 Å². The molecule has 94 heavy (non-hydrogen) atoms. The van der Waals surface area contributed by atoms with Gasteiger partial charge in [-0.3, -0.25) is 0 Å². The molecule has 6 aromatic rings. The largest absolute Gasteiger partial charge is 0.121 e. The molecule has 0 saturated carbocycles. The van der Waals surface area contributed by atoms with Crippen LogP contribution in [0, 0.1) is 0 Å². The van der Waals surface area contributed by atoms with Gasteiger partial charge in [0.2, 0.25) is 0 Å². The molecule has 0 aromatic heterocycles. The van der Waals surface area contributed by atoms with Crippen molar-refractivity contribution in [3.8, 4) is 0 Å². The normalized spacial score (nSPS) is 22.5. The molecule has 6 aromatic carbocycles. The first kappa shape index (κ1) is 72.3. The smallest absolute Gasteiger partial charge is 0.0717 e. The van der Waals surface area contributed by atoms with Gasteiger partial charge in [-0.2, -0.15) is 0 Å². The molecule has 0 unspecified atom stereocenters. The van der Waals surface area contributed by atoms with Crippen LogP contribution in [-0.2, 0) is 45.3 Å². The van der Waals surface area contributed by atoms with Crippen molar-refractivity contribution < 1.29 is 0 Å². The van der Waals surface area contributed by atoms with Gasteiger partial charge in [-0.15, -0.1) is 141 Å². The van der Waals surface area contributed by atoms with E-state index in [9.17, 15) is 0 Å². The summed E-state index contributed by atoms with van der Waals surface area (Å²) in [6.45, 7) is 4.92. The predicted octanol–water partition coefficient (Wildman–Crippen LogP) is 29.7. The van der Waals surface area contributed by atoms with E-state index >= 15 is 0 Å². The number of benzene rings is 6. The number of thioether (sulfide) groups is 24. The van der Waals surface area contributed by atoms with Gasteiger partial charge in [0.1, 0.15) is 0 Å². The Bertz CT molecular complexity index is 3510. The molecule has 0 fully saturated rings. The highest BCUT2D eigenvalue weighted by atomic mass is 32.3. The van der Waals surface area contributed by atoms with Crippen molar-refractivity contribution in [2.45, 2.75) is 59.2 Å². The van der Waals surface area contributed by atoms with Gasteiger partial charge in [0, 0.05) is 45.3 Å². The van der Waals surface area contributed by atoms with Crippen molar-refractivity contribution >= 4 is 282 Å². The first-order valence-corrected chi connectivity index (χ1v) is 52.4. The van der Waals surface area contributed by atoms with E-state index in [1.165, 1.54) is 143 Å². The van der Waals surface area contributed by atoms with Crippen molar-refractivity contribution in [3.05, 3.63) is 289 Å². The van der Waals surface area contributed by atoms with Crippen LogP contribution < -0.4 is 0 Å². The SMILES string of the molecule is CSC1=C(SC)SC(=C2SC3=C(SCc4ccc(cc4)C4(C)c5ccc(cc5)CSC5=C(SCc6ccc(cc6)C(C)(c6ccc(cc6)CS3)c3ccc(cc3)CSC3=C(SCc6ccc4cc6)SC(=C4SC(SC)=C(SC)S4)S3)SC(=C3SC(SC)=C(SC)S3)S5)S2)S1. The van der Waals surface area contributed by atoms with Crippen molar-refractivity contribution in [3.63, 3.8) is 0 Å². The van der Waals surface area contributed by atoms with E-state index in [-0.39, 0.29) is 0 Å².